The first kappa shape index (κ1) is 20.4. The van der Waals surface area contributed by atoms with E-state index in [4.69, 9.17) is 4.74 Å². The fourth-order valence-electron chi connectivity index (χ4n) is 3.55. The summed E-state index contributed by atoms with van der Waals surface area (Å²) >= 11 is 0. The van der Waals surface area contributed by atoms with Crippen molar-refractivity contribution in [1.29, 1.82) is 0 Å². The van der Waals surface area contributed by atoms with Crippen molar-refractivity contribution in [3.63, 3.8) is 0 Å². The van der Waals surface area contributed by atoms with Gasteiger partial charge in [0.1, 0.15) is 0 Å². The highest BCUT2D eigenvalue weighted by Gasteiger charge is 2.33. The van der Waals surface area contributed by atoms with E-state index in [1.807, 2.05) is 0 Å². The van der Waals surface area contributed by atoms with Crippen molar-refractivity contribution in [2.45, 2.75) is 52.4 Å². The molecular formula is C25H33NO2. The topological polar surface area (TPSA) is 29.5 Å². The second-order valence-corrected chi connectivity index (χ2v) is 9.97. The SMILES string of the molecule is COC(=O)C1CN(c2cccc(-c3cc(C(C)(C)C)cc(C(C)(C)C)c3)c2)C1. The highest BCUT2D eigenvalue weighted by molar-refractivity contribution is 5.77. The highest BCUT2D eigenvalue weighted by atomic mass is 16.5. The fraction of sp³-hybridized carbons (Fsp3) is 0.480. The lowest BCUT2D eigenvalue weighted by atomic mass is 9.79. The van der Waals surface area contributed by atoms with E-state index in [1.54, 1.807) is 0 Å². The van der Waals surface area contributed by atoms with Crippen LogP contribution in [0.3, 0.4) is 0 Å². The van der Waals surface area contributed by atoms with Gasteiger partial charge in [-0.05, 0) is 45.2 Å². The molecule has 0 aromatic heterocycles. The Labute approximate surface area is 169 Å². The lowest BCUT2D eigenvalue weighted by Crippen LogP contribution is -2.50. The number of anilines is 1. The van der Waals surface area contributed by atoms with Crippen LogP contribution in [0, 0.1) is 5.92 Å². The molecule has 0 bridgehead atoms. The Hall–Kier alpha value is -2.29. The molecule has 0 radical (unpaired) electrons. The van der Waals surface area contributed by atoms with Gasteiger partial charge in [0.05, 0.1) is 13.0 Å². The van der Waals surface area contributed by atoms with Gasteiger partial charge in [0.25, 0.3) is 0 Å². The molecule has 1 aliphatic rings. The van der Waals surface area contributed by atoms with E-state index in [-0.39, 0.29) is 22.7 Å². The molecular weight excluding hydrogens is 346 g/mol. The van der Waals surface area contributed by atoms with Crippen LogP contribution in [0.2, 0.25) is 0 Å². The van der Waals surface area contributed by atoms with E-state index in [0.717, 1.165) is 18.8 Å². The third-order valence-corrected chi connectivity index (χ3v) is 5.63. The minimum Gasteiger partial charge on any atom is -0.469 e. The van der Waals surface area contributed by atoms with Gasteiger partial charge < -0.3 is 9.64 Å². The van der Waals surface area contributed by atoms with Crippen molar-refractivity contribution in [2.75, 3.05) is 25.1 Å². The Morgan fingerprint density at radius 2 is 1.46 bits per heavy atom. The zero-order valence-electron chi connectivity index (χ0n) is 18.3. The van der Waals surface area contributed by atoms with Crippen molar-refractivity contribution < 1.29 is 9.53 Å². The van der Waals surface area contributed by atoms with E-state index in [9.17, 15) is 4.79 Å². The molecule has 3 nitrogen and oxygen atoms in total. The third kappa shape index (κ3) is 4.24. The maximum atomic E-state index is 11.7. The molecule has 28 heavy (non-hydrogen) atoms. The number of hydrogen-bond donors (Lipinski definition) is 0. The van der Waals surface area contributed by atoms with E-state index in [2.05, 4.69) is 88.9 Å². The largest absolute Gasteiger partial charge is 0.469 e. The van der Waals surface area contributed by atoms with Gasteiger partial charge in [-0.15, -0.1) is 0 Å². The summed E-state index contributed by atoms with van der Waals surface area (Å²) in [6.45, 7) is 15.1. The maximum Gasteiger partial charge on any atom is 0.312 e. The normalized spacial score (nSPS) is 15.3. The summed E-state index contributed by atoms with van der Waals surface area (Å²) in [4.78, 5) is 13.9. The van der Waals surface area contributed by atoms with Crippen LogP contribution in [0.1, 0.15) is 52.7 Å². The minimum atomic E-state index is -0.111. The average Bonchev–Trinajstić information content (AvgIpc) is 2.58. The van der Waals surface area contributed by atoms with Crippen LogP contribution in [-0.4, -0.2) is 26.2 Å². The molecule has 1 saturated heterocycles. The van der Waals surface area contributed by atoms with Gasteiger partial charge in [-0.2, -0.15) is 0 Å². The molecule has 0 unspecified atom stereocenters. The van der Waals surface area contributed by atoms with Gasteiger partial charge >= 0.3 is 5.97 Å². The first-order valence-electron chi connectivity index (χ1n) is 10.1. The molecule has 1 aliphatic heterocycles. The summed E-state index contributed by atoms with van der Waals surface area (Å²) in [5, 5.41) is 0. The summed E-state index contributed by atoms with van der Waals surface area (Å²) in [7, 11) is 1.46. The smallest absolute Gasteiger partial charge is 0.312 e. The molecule has 0 amide bonds. The quantitative estimate of drug-likeness (QED) is 0.654. The van der Waals surface area contributed by atoms with Gasteiger partial charge in [0, 0.05) is 18.8 Å². The number of methoxy groups -OCH3 is 1. The van der Waals surface area contributed by atoms with E-state index < -0.39 is 0 Å². The van der Waals surface area contributed by atoms with Gasteiger partial charge in [0.2, 0.25) is 0 Å². The molecule has 1 fully saturated rings. The third-order valence-electron chi connectivity index (χ3n) is 5.63. The molecule has 0 N–H and O–H groups in total. The maximum absolute atomic E-state index is 11.7. The first-order valence-corrected chi connectivity index (χ1v) is 10.1. The molecule has 3 rings (SSSR count). The van der Waals surface area contributed by atoms with Crippen LogP contribution in [0.15, 0.2) is 42.5 Å². The van der Waals surface area contributed by atoms with Gasteiger partial charge in [-0.25, -0.2) is 0 Å². The van der Waals surface area contributed by atoms with Crippen molar-refractivity contribution in [2.24, 2.45) is 5.92 Å². The number of nitrogens with zero attached hydrogens (tertiary/aromatic N) is 1. The van der Waals surface area contributed by atoms with Crippen LogP contribution in [0.4, 0.5) is 5.69 Å². The van der Waals surface area contributed by atoms with Crippen LogP contribution >= 0.6 is 0 Å². The van der Waals surface area contributed by atoms with Crippen LogP contribution < -0.4 is 4.90 Å². The van der Waals surface area contributed by atoms with Gasteiger partial charge in [0.15, 0.2) is 0 Å². The molecule has 2 aromatic carbocycles. The zero-order chi connectivity index (χ0) is 20.7. The molecule has 0 atom stereocenters. The number of hydrogen-bond acceptors (Lipinski definition) is 3. The molecule has 0 spiro atoms. The van der Waals surface area contributed by atoms with Crippen LogP contribution in [-0.2, 0) is 20.4 Å². The Morgan fingerprint density at radius 1 is 0.893 bits per heavy atom. The number of carbonyl (C=O) groups excluding carboxylic acids is 1. The Morgan fingerprint density at radius 3 is 1.96 bits per heavy atom. The molecule has 1 heterocycles. The van der Waals surface area contributed by atoms with E-state index in [0.29, 0.717) is 0 Å². The molecule has 0 saturated carbocycles. The number of esters is 1. The molecule has 150 valence electrons. The van der Waals surface area contributed by atoms with Crippen molar-refractivity contribution >= 4 is 11.7 Å². The number of rotatable bonds is 3. The monoisotopic (exact) mass is 379 g/mol. The van der Waals surface area contributed by atoms with Crippen molar-refractivity contribution in [3.8, 4) is 11.1 Å². The van der Waals surface area contributed by atoms with Crippen molar-refractivity contribution in [3.05, 3.63) is 53.6 Å². The Bertz CT molecular complexity index is 833. The van der Waals surface area contributed by atoms with Crippen molar-refractivity contribution in [1.82, 2.24) is 0 Å². The minimum absolute atomic E-state index is 0.00892. The second kappa shape index (κ2) is 7.27. The summed E-state index contributed by atoms with van der Waals surface area (Å²) in [6.07, 6.45) is 0. The standard InChI is InChI=1S/C25H33NO2/c1-24(2,3)20-11-18(12-21(14-20)25(4,5)6)17-9-8-10-22(13-17)26-15-19(16-26)23(27)28-7/h8-14,19H,15-16H2,1-7H3. The Balaban J connectivity index is 1.95. The van der Waals surface area contributed by atoms with Crippen LogP contribution in [0.5, 0.6) is 0 Å². The average molecular weight is 380 g/mol. The summed E-state index contributed by atoms with van der Waals surface area (Å²) in [6, 6.07) is 15.6. The highest BCUT2D eigenvalue weighted by Crippen LogP contribution is 2.35. The Kier molecular flexibility index (Phi) is 5.31. The first-order chi connectivity index (χ1) is 13.0. The lowest BCUT2D eigenvalue weighted by molar-refractivity contribution is -0.146. The number of ether oxygens (including phenoxy) is 1. The van der Waals surface area contributed by atoms with Gasteiger partial charge in [-0.3, -0.25) is 4.79 Å². The zero-order valence-corrected chi connectivity index (χ0v) is 18.3. The predicted molar refractivity (Wildman–Crippen MR) is 117 cm³/mol. The van der Waals surface area contributed by atoms with Gasteiger partial charge in [-0.1, -0.05) is 71.9 Å². The molecule has 0 aliphatic carbocycles. The summed E-state index contributed by atoms with van der Waals surface area (Å²) < 4.78 is 4.86. The van der Waals surface area contributed by atoms with E-state index >= 15 is 0 Å². The summed E-state index contributed by atoms with van der Waals surface area (Å²) in [5.41, 5.74) is 6.54. The molecule has 3 heteroatoms. The molecule has 2 aromatic rings. The number of benzene rings is 2. The fourth-order valence-corrected chi connectivity index (χ4v) is 3.55. The lowest BCUT2D eigenvalue weighted by Gasteiger charge is -2.39. The second-order valence-electron chi connectivity index (χ2n) is 9.97. The summed E-state index contributed by atoms with van der Waals surface area (Å²) in [5.74, 6) is -0.120. The van der Waals surface area contributed by atoms with Crippen LogP contribution in [0.25, 0.3) is 11.1 Å². The predicted octanol–water partition coefficient (Wildman–Crippen LogP) is 5.56. The number of carbonyl (C=O) groups is 1. The van der Waals surface area contributed by atoms with E-state index in [1.165, 1.54) is 29.4 Å².